The number of nitrogens with one attached hydrogen (secondary N) is 1. The lowest BCUT2D eigenvalue weighted by Gasteiger charge is -2.15. The monoisotopic (exact) mass is 329 g/mol. The summed E-state index contributed by atoms with van der Waals surface area (Å²) in [6.07, 6.45) is -2.37. The van der Waals surface area contributed by atoms with E-state index in [1.807, 2.05) is 0 Å². The molecule has 1 atom stereocenters. The van der Waals surface area contributed by atoms with E-state index in [0.29, 0.717) is 5.56 Å². The minimum Gasteiger partial charge on any atom is -0.310 e. The lowest BCUT2D eigenvalue weighted by molar-refractivity contribution is -0.137. The van der Waals surface area contributed by atoms with Crippen LogP contribution in [0, 0.1) is 0 Å². The molecule has 96 valence electrons. The predicted octanol–water partition coefficient (Wildman–Crippen LogP) is 4.31. The van der Waals surface area contributed by atoms with Crippen molar-refractivity contribution in [3.63, 3.8) is 0 Å². The Morgan fingerprint density at radius 2 is 2.00 bits per heavy atom. The number of rotatable bonds is 1. The summed E-state index contributed by atoms with van der Waals surface area (Å²) in [6.45, 7) is 0.868. The fraction of sp³-hybridized carbons (Fsp3) is 0.455. The maximum absolute atomic E-state index is 12.6. The summed E-state index contributed by atoms with van der Waals surface area (Å²) in [6, 6.07) is 3.84. The molecule has 1 heterocycles. The van der Waals surface area contributed by atoms with Crippen molar-refractivity contribution >= 4 is 28.3 Å². The van der Waals surface area contributed by atoms with Crippen LogP contribution in [0.4, 0.5) is 13.2 Å². The van der Waals surface area contributed by atoms with Gasteiger partial charge < -0.3 is 5.32 Å². The standard InChI is InChI=1S/C11H11BrF3N.ClH/c12-9-4-3-7(11(13,14)15)6-8(9)10-2-1-5-16-10;/h3-4,6,10,16H,1-2,5H2;1H/t10-;/m0./s1. The molecular weight excluding hydrogens is 318 g/mol. The molecule has 1 N–H and O–H groups in total. The highest BCUT2D eigenvalue weighted by Gasteiger charge is 2.32. The van der Waals surface area contributed by atoms with E-state index < -0.39 is 11.7 Å². The van der Waals surface area contributed by atoms with Crippen molar-refractivity contribution in [2.24, 2.45) is 0 Å². The molecule has 0 unspecified atom stereocenters. The molecule has 2 rings (SSSR count). The highest BCUT2D eigenvalue weighted by atomic mass is 79.9. The summed E-state index contributed by atoms with van der Waals surface area (Å²) >= 11 is 3.30. The topological polar surface area (TPSA) is 12.0 Å². The zero-order valence-electron chi connectivity index (χ0n) is 8.85. The highest BCUT2D eigenvalue weighted by molar-refractivity contribution is 9.10. The Kier molecular flexibility index (Phi) is 4.86. The Morgan fingerprint density at radius 3 is 2.53 bits per heavy atom. The summed E-state index contributed by atoms with van der Waals surface area (Å²) in [4.78, 5) is 0. The van der Waals surface area contributed by atoms with Crippen LogP contribution in [0.15, 0.2) is 22.7 Å². The number of alkyl halides is 3. The maximum atomic E-state index is 12.6. The van der Waals surface area contributed by atoms with Crippen LogP contribution >= 0.6 is 28.3 Å². The largest absolute Gasteiger partial charge is 0.416 e. The van der Waals surface area contributed by atoms with E-state index in [1.54, 1.807) is 0 Å². The van der Waals surface area contributed by atoms with Gasteiger partial charge >= 0.3 is 6.18 Å². The van der Waals surface area contributed by atoms with Gasteiger partial charge in [-0.15, -0.1) is 12.4 Å². The van der Waals surface area contributed by atoms with E-state index in [9.17, 15) is 13.2 Å². The van der Waals surface area contributed by atoms with Gasteiger partial charge in [0.25, 0.3) is 0 Å². The van der Waals surface area contributed by atoms with E-state index in [-0.39, 0.29) is 18.4 Å². The smallest absolute Gasteiger partial charge is 0.310 e. The van der Waals surface area contributed by atoms with Crippen LogP contribution in [0.2, 0.25) is 0 Å². The molecule has 0 amide bonds. The van der Waals surface area contributed by atoms with E-state index in [2.05, 4.69) is 21.2 Å². The van der Waals surface area contributed by atoms with Crippen molar-refractivity contribution in [3.05, 3.63) is 33.8 Å². The van der Waals surface area contributed by atoms with Crippen LogP contribution in [0.1, 0.15) is 30.0 Å². The van der Waals surface area contributed by atoms with Crippen molar-refractivity contribution < 1.29 is 13.2 Å². The number of hydrogen-bond acceptors (Lipinski definition) is 1. The van der Waals surface area contributed by atoms with Gasteiger partial charge in [-0.25, -0.2) is 0 Å². The molecule has 0 radical (unpaired) electrons. The summed E-state index contributed by atoms with van der Waals surface area (Å²) < 4.78 is 38.4. The number of hydrogen-bond donors (Lipinski definition) is 1. The third kappa shape index (κ3) is 3.36. The quantitative estimate of drug-likeness (QED) is 0.809. The van der Waals surface area contributed by atoms with Crippen LogP contribution in [0.3, 0.4) is 0 Å². The van der Waals surface area contributed by atoms with Gasteiger partial charge in [-0.05, 0) is 43.1 Å². The molecule has 1 aliphatic rings. The second kappa shape index (κ2) is 5.59. The van der Waals surface area contributed by atoms with Gasteiger partial charge in [0.1, 0.15) is 0 Å². The third-order valence-corrected chi connectivity index (χ3v) is 3.48. The fourth-order valence-corrected chi connectivity index (χ4v) is 2.46. The molecular formula is C11H12BrClF3N. The molecule has 0 bridgehead atoms. The van der Waals surface area contributed by atoms with Crippen LogP contribution in [0.5, 0.6) is 0 Å². The Labute approximate surface area is 112 Å². The summed E-state index contributed by atoms with van der Waals surface area (Å²) in [5, 5.41) is 3.20. The first kappa shape index (κ1) is 14.8. The zero-order chi connectivity index (χ0) is 11.8. The maximum Gasteiger partial charge on any atom is 0.416 e. The van der Waals surface area contributed by atoms with E-state index in [4.69, 9.17) is 0 Å². The second-order valence-corrected chi connectivity index (χ2v) is 4.74. The van der Waals surface area contributed by atoms with Gasteiger partial charge in [-0.3, -0.25) is 0 Å². The van der Waals surface area contributed by atoms with E-state index in [1.165, 1.54) is 12.1 Å². The van der Waals surface area contributed by atoms with Crippen LogP contribution in [0.25, 0.3) is 0 Å². The van der Waals surface area contributed by atoms with Crippen molar-refractivity contribution in [2.75, 3.05) is 6.54 Å². The molecule has 1 aromatic carbocycles. The minimum absolute atomic E-state index is 0. The van der Waals surface area contributed by atoms with Gasteiger partial charge in [0.05, 0.1) is 5.56 Å². The fourth-order valence-electron chi connectivity index (χ4n) is 1.94. The van der Waals surface area contributed by atoms with Crippen LogP contribution in [-0.4, -0.2) is 6.54 Å². The SMILES string of the molecule is Cl.FC(F)(F)c1ccc(Br)c([C@@H]2CCCN2)c1. The Bertz CT molecular complexity index is 389. The van der Waals surface area contributed by atoms with E-state index in [0.717, 1.165) is 29.9 Å². The number of benzene rings is 1. The molecule has 17 heavy (non-hydrogen) atoms. The van der Waals surface area contributed by atoms with Crippen molar-refractivity contribution in [3.8, 4) is 0 Å². The molecule has 1 saturated heterocycles. The van der Waals surface area contributed by atoms with Crippen molar-refractivity contribution in [2.45, 2.75) is 25.1 Å². The summed E-state index contributed by atoms with van der Waals surface area (Å²) in [7, 11) is 0. The van der Waals surface area contributed by atoms with Gasteiger partial charge in [0.2, 0.25) is 0 Å². The first-order chi connectivity index (χ1) is 7.48. The van der Waals surface area contributed by atoms with Gasteiger partial charge in [-0.1, -0.05) is 15.9 Å². The molecule has 6 heteroatoms. The first-order valence-corrected chi connectivity index (χ1v) is 5.88. The van der Waals surface area contributed by atoms with E-state index >= 15 is 0 Å². The first-order valence-electron chi connectivity index (χ1n) is 5.08. The zero-order valence-corrected chi connectivity index (χ0v) is 11.3. The Hall–Kier alpha value is -0.260. The van der Waals surface area contributed by atoms with Crippen molar-refractivity contribution in [1.29, 1.82) is 0 Å². The lowest BCUT2D eigenvalue weighted by Crippen LogP contribution is -2.15. The molecule has 1 nitrogen and oxygen atoms in total. The minimum atomic E-state index is -4.27. The average molecular weight is 331 g/mol. The molecule has 0 aromatic heterocycles. The van der Waals surface area contributed by atoms with Crippen LogP contribution < -0.4 is 5.32 Å². The van der Waals surface area contributed by atoms with Gasteiger partial charge in [0, 0.05) is 10.5 Å². The molecule has 0 saturated carbocycles. The number of halogens is 5. The second-order valence-electron chi connectivity index (χ2n) is 3.88. The molecule has 1 aliphatic heterocycles. The average Bonchev–Trinajstić information content (AvgIpc) is 2.69. The summed E-state index contributed by atoms with van der Waals surface area (Å²) in [5.41, 5.74) is 0.117. The predicted molar refractivity (Wildman–Crippen MR) is 66.4 cm³/mol. The molecule has 0 spiro atoms. The molecule has 1 aromatic rings. The van der Waals surface area contributed by atoms with Crippen molar-refractivity contribution in [1.82, 2.24) is 5.32 Å². The molecule has 1 fully saturated rings. The van der Waals surface area contributed by atoms with Gasteiger partial charge in [0.15, 0.2) is 0 Å². The summed E-state index contributed by atoms with van der Waals surface area (Å²) in [5.74, 6) is 0. The Morgan fingerprint density at radius 1 is 1.29 bits per heavy atom. The lowest BCUT2D eigenvalue weighted by atomic mass is 10.0. The normalized spacial score (nSPS) is 20.1. The third-order valence-electron chi connectivity index (χ3n) is 2.76. The highest BCUT2D eigenvalue weighted by Crippen LogP contribution is 2.35. The Balaban J connectivity index is 0.00000144. The van der Waals surface area contributed by atoms with Crippen LogP contribution in [-0.2, 0) is 6.18 Å². The molecule has 0 aliphatic carbocycles. The van der Waals surface area contributed by atoms with Gasteiger partial charge in [-0.2, -0.15) is 13.2 Å².